The van der Waals surface area contributed by atoms with Crippen LogP contribution in [0.5, 0.6) is 5.75 Å². The van der Waals surface area contributed by atoms with Gasteiger partial charge in [0, 0.05) is 62.2 Å². The van der Waals surface area contributed by atoms with Crippen LogP contribution in [0.1, 0.15) is 37.7 Å². The molecule has 9 heteroatoms. The quantitative estimate of drug-likeness (QED) is 0.526. The number of methoxy groups -OCH3 is 1. The van der Waals surface area contributed by atoms with Crippen molar-refractivity contribution >= 4 is 29.1 Å². The number of carbonyl (C=O) groups is 1. The van der Waals surface area contributed by atoms with Crippen LogP contribution in [0.15, 0.2) is 24.4 Å². The zero-order valence-corrected chi connectivity index (χ0v) is 19.5. The third kappa shape index (κ3) is 6.04. The number of hydrogen-bond donors (Lipinski definition) is 3. The Hall–Kier alpha value is -3.07. The molecule has 2 aromatic rings. The number of aryl methyl sites for hydroxylation is 1. The van der Waals surface area contributed by atoms with E-state index in [9.17, 15) is 4.79 Å². The number of ether oxygens (including phenoxy) is 1. The number of aromatic nitrogens is 2. The summed E-state index contributed by atoms with van der Waals surface area (Å²) in [5, 5.41) is 15.9. The third-order valence-electron chi connectivity index (χ3n) is 6.47. The van der Waals surface area contributed by atoms with Crippen molar-refractivity contribution in [1.29, 1.82) is 0 Å². The number of likely N-dealkylation sites (N-methyl/N-ethyl adjacent to an activating group) is 1. The van der Waals surface area contributed by atoms with Gasteiger partial charge < -0.3 is 30.3 Å². The second-order valence-electron chi connectivity index (χ2n) is 8.89. The highest BCUT2D eigenvalue weighted by atomic mass is 16.5. The molecule has 0 radical (unpaired) electrons. The van der Waals surface area contributed by atoms with Crippen molar-refractivity contribution in [3.05, 3.63) is 30.0 Å². The van der Waals surface area contributed by atoms with Gasteiger partial charge in [0.2, 0.25) is 5.95 Å². The first-order chi connectivity index (χ1) is 16.0. The molecule has 2 heterocycles. The first-order valence-electron chi connectivity index (χ1n) is 11.7. The Labute approximate surface area is 195 Å². The Morgan fingerprint density at radius 2 is 1.97 bits per heavy atom. The van der Waals surface area contributed by atoms with Crippen molar-refractivity contribution in [3.63, 3.8) is 0 Å². The Balaban J connectivity index is 1.52. The SMILES string of the molecule is COc1cc(N2CCN(C)CC2)ccc1Nc1ncc(CCC(=O)O)c(NC2CCCC2)n1. The number of piperazine rings is 1. The Kier molecular flexibility index (Phi) is 7.49. The maximum absolute atomic E-state index is 11.1. The molecule has 33 heavy (non-hydrogen) atoms. The average molecular weight is 455 g/mol. The summed E-state index contributed by atoms with van der Waals surface area (Å²) < 4.78 is 5.66. The van der Waals surface area contributed by atoms with E-state index in [0.29, 0.717) is 24.2 Å². The molecule has 1 aliphatic carbocycles. The van der Waals surface area contributed by atoms with Gasteiger partial charge in [-0.05, 0) is 38.4 Å². The highest BCUT2D eigenvalue weighted by Crippen LogP contribution is 2.32. The van der Waals surface area contributed by atoms with Crippen molar-refractivity contribution in [2.24, 2.45) is 0 Å². The van der Waals surface area contributed by atoms with Crippen LogP contribution in [0, 0.1) is 0 Å². The fourth-order valence-corrected chi connectivity index (χ4v) is 4.44. The van der Waals surface area contributed by atoms with E-state index in [0.717, 1.165) is 61.7 Å². The lowest BCUT2D eigenvalue weighted by molar-refractivity contribution is -0.136. The summed E-state index contributed by atoms with van der Waals surface area (Å²) in [7, 11) is 3.81. The maximum Gasteiger partial charge on any atom is 0.303 e. The molecule has 0 amide bonds. The van der Waals surface area contributed by atoms with Crippen molar-refractivity contribution < 1.29 is 14.6 Å². The van der Waals surface area contributed by atoms with Crippen LogP contribution < -0.4 is 20.3 Å². The molecule has 0 atom stereocenters. The van der Waals surface area contributed by atoms with Gasteiger partial charge in [0.15, 0.2) is 0 Å². The molecular formula is C24H34N6O3. The molecule has 0 unspecified atom stereocenters. The second kappa shape index (κ2) is 10.7. The van der Waals surface area contributed by atoms with E-state index in [-0.39, 0.29) is 6.42 Å². The third-order valence-corrected chi connectivity index (χ3v) is 6.47. The number of nitrogens with zero attached hydrogens (tertiary/aromatic N) is 4. The number of hydrogen-bond acceptors (Lipinski definition) is 8. The average Bonchev–Trinajstić information content (AvgIpc) is 3.32. The van der Waals surface area contributed by atoms with Crippen LogP contribution in [-0.2, 0) is 11.2 Å². The van der Waals surface area contributed by atoms with Crippen LogP contribution in [0.3, 0.4) is 0 Å². The maximum atomic E-state index is 11.1. The van der Waals surface area contributed by atoms with Gasteiger partial charge in [-0.1, -0.05) is 12.8 Å². The van der Waals surface area contributed by atoms with Gasteiger partial charge >= 0.3 is 5.97 Å². The zero-order valence-electron chi connectivity index (χ0n) is 19.5. The standard InChI is InChI=1S/C24H34N6O3/c1-29-11-13-30(14-12-29)19-8-9-20(21(15-19)33-2)27-24-25-16-17(7-10-22(31)32)23(28-24)26-18-5-3-4-6-18/h8-9,15-16,18H,3-7,10-14H2,1-2H3,(H,31,32)(H2,25,26,27,28). The number of rotatable bonds is 9. The molecule has 1 aliphatic heterocycles. The van der Waals surface area contributed by atoms with Gasteiger partial charge in [-0.3, -0.25) is 4.79 Å². The van der Waals surface area contributed by atoms with E-state index in [1.54, 1.807) is 13.3 Å². The largest absolute Gasteiger partial charge is 0.494 e. The lowest BCUT2D eigenvalue weighted by Crippen LogP contribution is -2.44. The molecular weight excluding hydrogens is 420 g/mol. The van der Waals surface area contributed by atoms with Crippen LogP contribution in [0.4, 0.5) is 23.1 Å². The van der Waals surface area contributed by atoms with Gasteiger partial charge in [0.1, 0.15) is 11.6 Å². The number of anilines is 4. The number of nitrogens with one attached hydrogen (secondary N) is 2. The highest BCUT2D eigenvalue weighted by molar-refractivity contribution is 5.69. The van der Waals surface area contributed by atoms with Crippen LogP contribution in [-0.4, -0.2) is 72.3 Å². The first-order valence-corrected chi connectivity index (χ1v) is 11.7. The minimum atomic E-state index is -0.825. The summed E-state index contributed by atoms with van der Waals surface area (Å²) >= 11 is 0. The van der Waals surface area contributed by atoms with E-state index in [1.165, 1.54) is 12.8 Å². The lowest BCUT2D eigenvalue weighted by atomic mass is 10.1. The topological polar surface area (TPSA) is 103 Å². The molecule has 3 N–H and O–H groups in total. The number of benzene rings is 1. The van der Waals surface area contributed by atoms with E-state index in [2.05, 4.69) is 38.5 Å². The molecule has 1 saturated carbocycles. The van der Waals surface area contributed by atoms with Crippen molar-refractivity contribution in [3.8, 4) is 5.75 Å². The van der Waals surface area contributed by atoms with Gasteiger partial charge in [-0.25, -0.2) is 4.98 Å². The molecule has 1 aromatic carbocycles. The van der Waals surface area contributed by atoms with Crippen molar-refractivity contribution in [2.45, 2.75) is 44.6 Å². The van der Waals surface area contributed by atoms with Crippen LogP contribution in [0.2, 0.25) is 0 Å². The van der Waals surface area contributed by atoms with Gasteiger partial charge in [-0.15, -0.1) is 0 Å². The molecule has 9 nitrogen and oxygen atoms in total. The fourth-order valence-electron chi connectivity index (χ4n) is 4.44. The molecule has 0 bridgehead atoms. The minimum Gasteiger partial charge on any atom is -0.494 e. The summed E-state index contributed by atoms with van der Waals surface area (Å²) in [6.45, 7) is 4.06. The Morgan fingerprint density at radius 3 is 2.67 bits per heavy atom. The lowest BCUT2D eigenvalue weighted by Gasteiger charge is -2.34. The number of carboxylic acids is 1. The first kappa shape index (κ1) is 23.1. The summed E-state index contributed by atoms with van der Waals surface area (Å²) in [6.07, 6.45) is 6.79. The van der Waals surface area contributed by atoms with Crippen molar-refractivity contribution in [1.82, 2.24) is 14.9 Å². The predicted molar refractivity (Wildman–Crippen MR) is 130 cm³/mol. The Bertz CT molecular complexity index is 955. The number of aliphatic carboxylic acids is 1. The summed E-state index contributed by atoms with van der Waals surface area (Å²) in [6, 6.07) is 6.51. The second-order valence-corrected chi connectivity index (χ2v) is 8.89. The predicted octanol–water partition coefficient (Wildman–Crippen LogP) is 3.35. The molecule has 0 spiro atoms. The van der Waals surface area contributed by atoms with Crippen LogP contribution >= 0.6 is 0 Å². The fraction of sp³-hybridized carbons (Fsp3) is 0.542. The monoisotopic (exact) mass is 454 g/mol. The van der Waals surface area contributed by atoms with Gasteiger partial charge in [0.25, 0.3) is 0 Å². The molecule has 4 rings (SSSR count). The summed E-state index contributed by atoms with van der Waals surface area (Å²) in [5.41, 5.74) is 2.76. The molecule has 1 saturated heterocycles. The zero-order chi connectivity index (χ0) is 23.2. The van der Waals surface area contributed by atoms with Crippen molar-refractivity contribution in [2.75, 3.05) is 55.9 Å². The van der Waals surface area contributed by atoms with Gasteiger partial charge in [0.05, 0.1) is 12.8 Å². The highest BCUT2D eigenvalue weighted by Gasteiger charge is 2.19. The van der Waals surface area contributed by atoms with E-state index >= 15 is 0 Å². The Morgan fingerprint density at radius 1 is 1.21 bits per heavy atom. The summed E-state index contributed by atoms with van der Waals surface area (Å²) in [5.74, 6) is 1.08. The van der Waals surface area contributed by atoms with Gasteiger partial charge in [-0.2, -0.15) is 4.98 Å². The minimum absolute atomic E-state index is 0.0526. The molecule has 1 aromatic heterocycles. The molecule has 178 valence electrons. The van der Waals surface area contributed by atoms with E-state index < -0.39 is 5.97 Å². The smallest absolute Gasteiger partial charge is 0.303 e. The summed E-state index contributed by atoms with van der Waals surface area (Å²) in [4.78, 5) is 24.9. The van der Waals surface area contributed by atoms with E-state index in [4.69, 9.17) is 14.8 Å². The molecule has 2 aliphatic rings. The number of carboxylic acid groups (broad SMARTS) is 1. The van der Waals surface area contributed by atoms with Crippen LogP contribution in [0.25, 0.3) is 0 Å². The molecule has 2 fully saturated rings. The van der Waals surface area contributed by atoms with E-state index in [1.807, 2.05) is 12.1 Å². The normalized spacial score (nSPS) is 17.2.